The van der Waals surface area contributed by atoms with E-state index in [1.54, 1.807) is 6.07 Å². The minimum Gasteiger partial charge on any atom is -0.376 e. The van der Waals surface area contributed by atoms with Crippen LogP contribution in [-0.4, -0.2) is 38.3 Å². The van der Waals surface area contributed by atoms with Crippen molar-refractivity contribution in [3.63, 3.8) is 0 Å². The van der Waals surface area contributed by atoms with Crippen LogP contribution in [-0.2, 0) is 20.8 Å². The van der Waals surface area contributed by atoms with Gasteiger partial charge < -0.3 is 15.4 Å². The molecule has 0 spiro atoms. The first-order valence-electron chi connectivity index (χ1n) is 7.44. The zero-order valence-electron chi connectivity index (χ0n) is 13.8. The Bertz CT molecular complexity index is 948. The highest BCUT2D eigenvalue weighted by atomic mass is 32.2. The molecule has 1 aliphatic rings. The third-order valence-corrected chi connectivity index (χ3v) is 5.72. The maximum atomic E-state index is 12.9. The molecule has 11 heteroatoms. The number of hydrogen-bond acceptors (Lipinski definition) is 7. The SMILES string of the molecule is CNc1nc(Nc2ccc3c(c2)C(OC)CS3(=O)=O)ncc1C(F)(F)F. The molecule has 0 radical (unpaired) electrons. The summed E-state index contributed by atoms with van der Waals surface area (Å²) in [4.78, 5) is 7.67. The highest BCUT2D eigenvalue weighted by molar-refractivity contribution is 7.91. The molecule has 1 unspecified atom stereocenters. The molecule has 0 fully saturated rings. The summed E-state index contributed by atoms with van der Waals surface area (Å²) in [6, 6.07) is 4.48. The van der Waals surface area contributed by atoms with Gasteiger partial charge in [-0.1, -0.05) is 0 Å². The van der Waals surface area contributed by atoms with Gasteiger partial charge in [0, 0.05) is 31.6 Å². The molecule has 0 saturated heterocycles. The average molecular weight is 388 g/mol. The second kappa shape index (κ2) is 6.40. The minimum absolute atomic E-state index is 0.0582. The molecule has 2 N–H and O–H groups in total. The lowest BCUT2D eigenvalue weighted by molar-refractivity contribution is -0.137. The number of nitrogens with one attached hydrogen (secondary N) is 2. The molecule has 140 valence electrons. The molecule has 1 aromatic carbocycles. The van der Waals surface area contributed by atoms with Gasteiger partial charge in [0.15, 0.2) is 9.84 Å². The van der Waals surface area contributed by atoms with E-state index in [-0.39, 0.29) is 22.4 Å². The van der Waals surface area contributed by atoms with Gasteiger partial charge in [0.25, 0.3) is 0 Å². The smallest absolute Gasteiger partial charge is 0.376 e. The van der Waals surface area contributed by atoms with E-state index in [4.69, 9.17) is 4.74 Å². The number of halogens is 3. The Morgan fingerprint density at radius 3 is 2.65 bits per heavy atom. The summed E-state index contributed by atoms with van der Waals surface area (Å²) < 4.78 is 68.0. The maximum absolute atomic E-state index is 12.9. The van der Waals surface area contributed by atoms with E-state index in [0.717, 1.165) is 0 Å². The summed E-state index contributed by atoms with van der Waals surface area (Å²) in [5.41, 5.74) is -0.0620. The fourth-order valence-electron chi connectivity index (χ4n) is 2.70. The molecule has 0 amide bonds. The van der Waals surface area contributed by atoms with Crippen molar-refractivity contribution in [2.24, 2.45) is 0 Å². The van der Waals surface area contributed by atoms with E-state index in [9.17, 15) is 21.6 Å². The number of rotatable bonds is 4. The Morgan fingerprint density at radius 1 is 1.31 bits per heavy atom. The molecule has 1 aromatic heterocycles. The van der Waals surface area contributed by atoms with Crippen LogP contribution in [0.1, 0.15) is 17.2 Å². The van der Waals surface area contributed by atoms with Crippen LogP contribution < -0.4 is 10.6 Å². The van der Waals surface area contributed by atoms with Gasteiger partial charge in [-0.15, -0.1) is 0 Å². The van der Waals surface area contributed by atoms with Crippen molar-refractivity contribution in [1.29, 1.82) is 0 Å². The van der Waals surface area contributed by atoms with Crippen LogP contribution in [0.25, 0.3) is 0 Å². The number of sulfone groups is 1. The summed E-state index contributed by atoms with van der Waals surface area (Å²) in [5.74, 6) is -0.575. The molecule has 2 aromatic rings. The van der Waals surface area contributed by atoms with Crippen LogP contribution in [0.15, 0.2) is 29.3 Å². The molecule has 7 nitrogen and oxygen atoms in total. The highest BCUT2D eigenvalue weighted by Crippen LogP contribution is 2.38. The Labute approximate surface area is 147 Å². The third-order valence-electron chi connectivity index (χ3n) is 3.93. The standard InChI is InChI=1S/C15H15F3N4O3S/c1-19-13-10(15(16,17)18)6-20-14(22-13)21-8-3-4-12-9(5-8)11(25-2)7-26(12,23)24/h3-6,11H,7H2,1-2H3,(H2,19,20,21,22). The van der Waals surface area contributed by atoms with Crippen LogP contribution in [0, 0.1) is 0 Å². The van der Waals surface area contributed by atoms with Crippen molar-refractivity contribution in [2.75, 3.05) is 30.5 Å². The number of ether oxygens (including phenoxy) is 1. The largest absolute Gasteiger partial charge is 0.421 e. The van der Waals surface area contributed by atoms with Gasteiger partial charge in [0.1, 0.15) is 11.4 Å². The summed E-state index contributed by atoms with van der Waals surface area (Å²) in [6.07, 6.45) is -4.50. The second-order valence-corrected chi connectivity index (χ2v) is 7.59. The number of nitrogens with zero attached hydrogens (tertiary/aromatic N) is 2. The molecular weight excluding hydrogens is 373 g/mol. The predicted octanol–water partition coefficient (Wildman–Crippen LogP) is 2.76. The Hall–Kier alpha value is -2.40. The molecule has 0 bridgehead atoms. The van der Waals surface area contributed by atoms with Crippen molar-refractivity contribution < 1.29 is 26.3 Å². The van der Waals surface area contributed by atoms with Crippen molar-refractivity contribution in [3.05, 3.63) is 35.5 Å². The number of aromatic nitrogens is 2. The first-order chi connectivity index (χ1) is 12.2. The molecule has 2 heterocycles. The van der Waals surface area contributed by atoms with Crippen LogP contribution in [0.3, 0.4) is 0 Å². The predicted molar refractivity (Wildman–Crippen MR) is 88.1 cm³/mol. The minimum atomic E-state index is -4.58. The number of alkyl halides is 3. The summed E-state index contributed by atoms with van der Waals surface area (Å²) in [6.45, 7) is 0. The van der Waals surface area contributed by atoms with Crippen molar-refractivity contribution in [1.82, 2.24) is 9.97 Å². The lowest BCUT2D eigenvalue weighted by atomic mass is 10.1. The highest BCUT2D eigenvalue weighted by Gasteiger charge is 2.36. The molecule has 0 saturated carbocycles. The van der Waals surface area contributed by atoms with Gasteiger partial charge in [-0.3, -0.25) is 0 Å². The lowest BCUT2D eigenvalue weighted by Gasteiger charge is -2.13. The molecule has 0 aliphatic carbocycles. The Kier molecular flexibility index (Phi) is 4.53. The summed E-state index contributed by atoms with van der Waals surface area (Å²) >= 11 is 0. The molecule has 26 heavy (non-hydrogen) atoms. The first-order valence-corrected chi connectivity index (χ1v) is 9.09. The maximum Gasteiger partial charge on any atom is 0.421 e. The second-order valence-electron chi connectivity index (χ2n) is 5.59. The van der Waals surface area contributed by atoms with Crippen LogP contribution in [0.5, 0.6) is 0 Å². The zero-order valence-corrected chi connectivity index (χ0v) is 14.6. The van der Waals surface area contributed by atoms with Crippen molar-refractivity contribution in [2.45, 2.75) is 17.2 Å². The topological polar surface area (TPSA) is 93.2 Å². The van der Waals surface area contributed by atoms with E-state index in [1.165, 1.54) is 26.3 Å². The normalized spacial score (nSPS) is 18.4. The molecule has 1 aliphatic heterocycles. The van der Waals surface area contributed by atoms with Crippen molar-refractivity contribution in [3.8, 4) is 0 Å². The number of methoxy groups -OCH3 is 1. The van der Waals surface area contributed by atoms with Crippen molar-refractivity contribution >= 4 is 27.3 Å². The van der Waals surface area contributed by atoms with Gasteiger partial charge in [-0.25, -0.2) is 13.4 Å². The molecule has 1 atom stereocenters. The van der Waals surface area contributed by atoms with E-state index >= 15 is 0 Å². The van der Waals surface area contributed by atoms with E-state index in [2.05, 4.69) is 20.6 Å². The first kappa shape index (κ1) is 18.4. The van der Waals surface area contributed by atoms with Gasteiger partial charge in [0.2, 0.25) is 5.95 Å². The summed E-state index contributed by atoms with van der Waals surface area (Å²) in [5, 5.41) is 5.17. The van der Waals surface area contributed by atoms with E-state index in [1.807, 2.05) is 0 Å². The zero-order chi connectivity index (χ0) is 19.1. The quantitative estimate of drug-likeness (QED) is 0.832. The monoisotopic (exact) mass is 388 g/mol. The summed E-state index contributed by atoms with van der Waals surface area (Å²) in [7, 11) is -0.674. The van der Waals surface area contributed by atoms with Gasteiger partial charge in [-0.2, -0.15) is 18.2 Å². The van der Waals surface area contributed by atoms with Gasteiger partial charge in [0.05, 0.1) is 16.8 Å². The lowest BCUT2D eigenvalue weighted by Crippen LogP contribution is -2.12. The number of hydrogen-bond donors (Lipinski definition) is 2. The fraction of sp³-hybridized carbons (Fsp3) is 0.333. The van der Waals surface area contributed by atoms with Crippen LogP contribution >= 0.6 is 0 Å². The average Bonchev–Trinajstić information content (AvgIpc) is 2.84. The van der Waals surface area contributed by atoms with E-state index < -0.39 is 27.7 Å². The molecule has 3 rings (SSSR count). The van der Waals surface area contributed by atoms with Gasteiger partial charge in [-0.05, 0) is 18.2 Å². The number of fused-ring (bicyclic) bond motifs is 1. The van der Waals surface area contributed by atoms with Crippen LogP contribution in [0.4, 0.5) is 30.6 Å². The third kappa shape index (κ3) is 3.31. The van der Waals surface area contributed by atoms with Crippen LogP contribution in [0.2, 0.25) is 0 Å². The van der Waals surface area contributed by atoms with Gasteiger partial charge >= 0.3 is 6.18 Å². The fourth-order valence-corrected chi connectivity index (χ4v) is 4.42. The Morgan fingerprint density at radius 2 is 2.04 bits per heavy atom. The Balaban J connectivity index is 1.93. The van der Waals surface area contributed by atoms with E-state index in [0.29, 0.717) is 17.4 Å². The molecular formula is C15H15F3N4O3S. The number of benzene rings is 1. The number of anilines is 3.